The van der Waals surface area contributed by atoms with Crippen LogP contribution in [0.15, 0.2) is 5.38 Å². The molecule has 5 heteroatoms. The second-order valence-corrected chi connectivity index (χ2v) is 6.18. The van der Waals surface area contributed by atoms with Crippen molar-refractivity contribution in [3.05, 3.63) is 21.4 Å². The van der Waals surface area contributed by atoms with Gasteiger partial charge in [0.1, 0.15) is 0 Å². The minimum atomic E-state index is 0.0770. The summed E-state index contributed by atoms with van der Waals surface area (Å²) in [5.74, 6) is 0.0770. The SMILES string of the molecule is CCc1c(C(=O)NCCCN2CCOCC2)csc1C. The van der Waals surface area contributed by atoms with Crippen LogP contribution in [0.3, 0.4) is 0 Å². The van der Waals surface area contributed by atoms with Gasteiger partial charge in [0.25, 0.3) is 5.91 Å². The van der Waals surface area contributed by atoms with Crippen molar-refractivity contribution >= 4 is 17.2 Å². The number of hydrogen-bond donors (Lipinski definition) is 1. The molecule has 4 nitrogen and oxygen atoms in total. The van der Waals surface area contributed by atoms with Crippen LogP contribution in [0.5, 0.6) is 0 Å². The minimum Gasteiger partial charge on any atom is -0.379 e. The maximum absolute atomic E-state index is 12.2. The average Bonchev–Trinajstić information content (AvgIpc) is 2.85. The first-order chi connectivity index (χ1) is 9.72. The van der Waals surface area contributed by atoms with Crippen LogP contribution in [0, 0.1) is 6.92 Å². The Balaban J connectivity index is 1.72. The molecule has 0 spiro atoms. The van der Waals surface area contributed by atoms with Gasteiger partial charge >= 0.3 is 0 Å². The van der Waals surface area contributed by atoms with Gasteiger partial charge in [-0.05, 0) is 31.9 Å². The Morgan fingerprint density at radius 3 is 2.90 bits per heavy atom. The summed E-state index contributed by atoms with van der Waals surface area (Å²) in [4.78, 5) is 15.8. The van der Waals surface area contributed by atoms with Crippen LogP contribution in [0.1, 0.15) is 34.1 Å². The Kier molecular flexibility index (Phi) is 6.01. The summed E-state index contributed by atoms with van der Waals surface area (Å²) in [6, 6.07) is 0. The van der Waals surface area contributed by atoms with E-state index in [2.05, 4.69) is 24.1 Å². The summed E-state index contributed by atoms with van der Waals surface area (Å²) in [6.45, 7) is 9.65. The summed E-state index contributed by atoms with van der Waals surface area (Å²) in [7, 11) is 0. The molecule has 20 heavy (non-hydrogen) atoms. The van der Waals surface area contributed by atoms with Crippen LogP contribution in [-0.2, 0) is 11.2 Å². The van der Waals surface area contributed by atoms with E-state index in [4.69, 9.17) is 4.74 Å². The smallest absolute Gasteiger partial charge is 0.252 e. The van der Waals surface area contributed by atoms with E-state index in [0.717, 1.165) is 57.8 Å². The molecule has 1 saturated heterocycles. The number of hydrogen-bond acceptors (Lipinski definition) is 4. The van der Waals surface area contributed by atoms with Gasteiger partial charge < -0.3 is 10.1 Å². The molecule has 1 aromatic heterocycles. The van der Waals surface area contributed by atoms with E-state index < -0.39 is 0 Å². The van der Waals surface area contributed by atoms with Crippen LogP contribution >= 0.6 is 11.3 Å². The Hall–Kier alpha value is -0.910. The molecule has 112 valence electrons. The molecule has 2 rings (SSSR count). The summed E-state index contributed by atoms with van der Waals surface area (Å²) in [5.41, 5.74) is 2.06. The largest absolute Gasteiger partial charge is 0.379 e. The van der Waals surface area contributed by atoms with Gasteiger partial charge in [-0.1, -0.05) is 6.92 Å². The Morgan fingerprint density at radius 2 is 2.20 bits per heavy atom. The quantitative estimate of drug-likeness (QED) is 0.817. The molecule has 0 aromatic carbocycles. The molecule has 2 heterocycles. The molecule has 0 saturated carbocycles. The summed E-state index contributed by atoms with van der Waals surface area (Å²) < 4.78 is 5.32. The lowest BCUT2D eigenvalue weighted by molar-refractivity contribution is 0.0374. The van der Waals surface area contributed by atoms with Crippen molar-refractivity contribution < 1.29 is 9.53 Å². The summed E-state index contributed by atoms with van der Waals surface area (Å²) in [5, 5.41) is 5.01. The van der Waals surface area contributed by atoms with Gasteiger partial charge in [-0.15, -0.1) is 11.3 Å². The van der Waals surface area contributed by atoms with Crippen LogP contribution in [0.4, 0.5) is 0 Å². The fraction of sp³-hybridized carbons (Fsp3) is 0.667. The first-order valence-electron chi connectivity index (χ1n) is 7.37. The van der Waals surface area contributed by atoms with Crippen molar-refractivity contribution in [2.45, 2.75) is 26.7 Å². The fourth-order valence-electron chi connectivity index (χ4n) is 2.53. The third-order valence-electron chi connectivity index (χ3n) is 3.74. The molecule has 1 aromatic rings. The summed E-state index contributed by atoms with van der Waals surface area (Å²) in [6.07, 6.45) is 1.92. The zero-order valence-electron chi connectivity index (χ0n) is 12.4. The number of aryl methyl sites for hydroxylation is 1. The standard InChI is InChI=1S/C15H24N2O2S/c1-3-13-12(2)20-11-14(13)15(18)16-5-4-6-17-7-9-19-10-8-17/h11H,3-10H2,1-2H3,(H,16,18). The van der Waals surface area contributed by atoms with Crippen molar-refractivity contribution in [3.8, 4) is 0 Å². The normalized spacial score (nSPS) is 16.3. The van der Waals surface area contributed by atoms with Crippen LogP contribution in [0.25, 0.3) is 0 Å². The van der Waals surface area contributed by atoms with Gasteiger partial charge in [0.05, 0.1) is 18.8 Å². The molecule has 0 atom stereocenters. The van der Waals surface area contributed by atoms with Crippen molar-refractivity contribution in [2.75, 3.05) is 39.4 Å². The van der Waals surface area contributed by atoms with Gasteiger partial charge in [0.15, 0.2) is 0 Å². The van der Waals surface area contributed by atoms with Gasteiger partial charge in [0.2, 0.25) is 0 Å². The van der Waals surface area contributed by atoms with Gasteiger partial charge in [-0.25, -0.2) is 0 Å². The molecule has 0 aliphatic carbocycles. The van der Waals surface area contributed by atoms with E-state index in [1.54, 1.807) is 11.3 Å². The number of ether oxygens (including phenoxy) is 1. The average molecular weight is 296 g/mol. The number of thiophene rings is 1. The van der Waals surface area contributed by atoms with Gasteiger partial charge in [0, 0.05) is 29.9 Å². The molecule has 1 N–H and O–H groups in total. The first-order valence-corrected chi connectivity index (χ1v) is 8.25. The van der Waals surface area contributed by atoms with Crippen molar-refractivity contribution in [1.29, 1.82) is 0 Å². The van der Waals surface area contributed by atoms with Gasteiger partial charge in [-0.3, -0.25) is 9.69 Å². The lowest BCUT2D eigenvalue weighted by atomic mass is 10.1. The number of amides is 1. The van der Waals surface area contributed by atoms with Crippen LogP contribution < -0.4 is 5.32 Å². The predicted molar refractivity (Wildman–Crippen MR) is 82.6 cm³/mol. The number of morpholine rings is 1. The highest BCUT2D eigenvalue weighted by molar-refractivity contribution is 7.10. The van der Waals surface area contributed by atoms with E-state index in [1.807, 2.05) is 5.38 Å². The molecule has 0 unspecified atom stereocenters. The highest BCUT2D eigenvalue weighted by Gasteiger charge is 2.14. The molecular weight excluding hydrogens is 272 g/mol. The molecule has 1 aliphatic heterocycles. The first kappa shape index (κ1) is 15.5. The molecule has 1 aliphatic rings. The topological polar surface area (TPSA) is 41.6 Å². The predicted octanol–water partition coefficient (Wildman–Crippen LogP) is 2.07. The second kappa shape index (κ2) is 7.76. The maximum atomic E-state index is 12.2. The molecular formula is C15H24N2O2S. The Labute approximate surface area is 125 Å². The van der Waals surface area contributed by atoms with Gasteiger partial charge in [-0.2, -0.15) is 0 Å². The van der Waals surface area contributed by atoms with Crippen molar-refractivity contribution in [2.24, 2.45) is 0 Å². The lowest BCUT2D eigenvalue weighted by Crippen LogP contribution is -2.38. The number of nitrogens with one attached hydrogen (secondary N) is 1. The molecule has 1 amide bonds. The minimum absolute atomic E-state index is 0.0770. The number of carbonyl (C=O) groups is 1. The monoisotopic (exact) mass is 296 g/mol. The van der Waals surface area contributed by atoms with E-state index in [-0.39, 0.29) is 5.91 Å². The Morgan fingerprint density at radius 1 is 1.45 bits per heavy atom. The zero-order chi connectivity index (χ0) is 14.4. The van der Waals surface area contributed by atoms with Crippen molar-refractivity contribution in [3.63, 3.8) is 0 Å². The highest BCUT2D eigenvalue weighted by atomic mass is 32.1. The Bertz CT molecular complexity index is 439. The maximum Gasteiger partial charge on any atom is 0.252 e. The van der Waals surface area contributed by atoms with Crippen molar-refractivity contribution in [1.82, 2.24) is 10.2 Å². The molecule has 1 fully saturated rings. The van der Waals surface area contributed by atoms with E-state index in [9.17, 15) is 4.79 Å². The van der Waals surface area contributed by atoms with E-state index in [0.29, 0.717) is 0 Å². The number of carbonyl (C=O) groups excluding carboxylic acids is 1. The van der Waals surface area contributed by atoms with E-state index in [1.165, 1.54) is 10.4 Å². The highest BCUT2D eigenvalue weighted by Crippen LogP contribution is 2.22. The molecule has 0 bridgehead atoms. The summed E-state index contributed by atoms with van der Waals surface area (Å²) >= 11 is 1.66. The zero-order valence-corrected chi connectivity index (χ0v) is 13.2. The third-order valence-corrected chi connectivity index (χ3v) is 4.70. The fourth-order valence-corrected chi connectivity index (χ4v) is 3.47. The number of rotatable bonds is 6. The number of nitrogens with zero attached hydrogens (tertiary/aromatic N) is 1. The molecule has 0 radical (unpaired) electrons. The second-order valence-electron chi connectivity index (χ2n) is 5.10. The van der Waals surface area contributed by atoms with Crippen LogP contribution in [-0.4, -0.2) is 50.2 Å². The lowest BCUT2D eigenvalue weighted by Gasteiger charge is -2.26. The van der Waals surface area contributed by atoms with Crippen LogP contribution in [0.2, 0.25) is 0 Å². The third kappa shape index (κ3) is 4.04. The van der Waals surface area contributed by atoms with E-state index >= 15 is 0 Å².